The minimum Gasteiger partial charge on any atom is -0.332 e. The Morgan fingerprint density at radius 1 is 0.926 bits per heavy atom. The molecule has 2 amide bonds. The second kappa shape index (κ2) is 8.09. The molecule has 0 atom stereocenters. The Morgan fingerprint density at radius 3 is 2.15 bits per heavy atom. The van der Waals surface area contributed by atoms with Crippen molar-refractivity contribution < 1.29 is 18.4 Å². The second-order valence-electron chi connectivity index (χ2n) is 5.89. The van der Waals surface area contributed by atoms with Gasteiger partial charge < -0.3 is 10.2 Å². The van der Waals surface area contributed by atoms with Crippen LogP contribution in [0.3, 0.4) is 0 Å². The summed E-state index contributed by atoms with van der Waals surface area (Å²) in [5.41, 5.74) is 1.27. The standard InChI is InChI=1S/C20H16F2N2O2S/c1-24(12-19(25)23-16-8-6-15(22)7-9-16)20(26)18-11-10-17(27-18)13-2-4-14(21)5-3-13/h2-11H,12H2,1H3,(H,23,25). The van der Waals surface area contributed by atoms with Gasteiger partial charge in [-0.25, -0.2) is 8.78 Å². The molecular weight excluding hydrogens is 370 g/mol. The summed E-state index contributed by atoms with van der Waals surface area (Å²) in [6, 6.07) is 14.9. The average Bonchev–Trinajstić information content (AvgIpc) is 3.13. The summed E-state index contributed by atoms with van der Waals surface area (Å²) in [5, 5.41) is 2.61. The number of hydrogen-bond donors (Lipinski definition) is 1. The quantitative estimate of drug-likeness (QED) is 0.706. The largest absolute Gasteiger partial charge is 0.332 e. The lowest BCUT2D eigenvalue weighted by Gasteiger charge is -2.16. The van der Waals surface area contributed by atoms with Gasteiger partial charge in [0, 0.05) is 17.6 Å². The topological polar surface area (TPSA) is 49.4 Å². The number of carbonyl (C=O) groups excluding carboxylic acids is 2. The van der Waals surface area contributed by atoms with Crippen molar-refractivity contribution in [2.24, 2.45) is 0 Å². The van der Waals surface area contributed by atoms with Gasteiger partial charge in [0.05, 0.1) is 11.4 Å². The zero-order valence-electron chi connectivity index (χ0n) is 14.4. The molecule has 3 aromatic rings. The van der Waals surface area contributed by atoms with E-state index in [4.69, 9.17) is 0 Å². The summed E-state index contributed by atoms with van der Waals surface area (Å²) >= 11 is 1.27. The van der Waals surface area contributed by atoms with Crippen molar-refractivity contribution in [2.75, 3.05) is 18.9 Å². The summed E-state index contributed by atoms with van der Waals surface area (Å²) in [4.78, 5) is 27.2. The predicted molar refractivity (Wildman–Crippen MR) is 102 cm³/mol. The van der Waals surface area contributed by atoms with Crippen LogP contribution in [0.5, 0.6) is 0 Å². The van der Waals surface area contributed by atoms with Crippen LogP contribution in [-0.4, -0.2) is 30.3 Å². The monoisotopic (exact) mass is 386 g/mol. The molecule has 0 unspecified atom stereocenters. The molecular formula is C20H16F2N2O2S. The third kappa shape index (κ3) is 4.77. The molecule has 0 aliphatic heterocycles. The van der Waals surface area contributed by atoms with E-state index < -0.39 is 5.82 Å². The van der Waals surface area contributed by atoms with Crippen LogP contribution >= 0.6 is 11.3 Å². The first kappa shape index (κ1) is 18.7. The minimum atomic E-state index is -0.394. The van der Waals surface area contributed by atoms with Crippen LogP contribution in [0, 0.1) is 11.6 Å². The minimum absolute atomic E-state index is 0.139. The lowest BCUT2D eigenvalue weighted by molar-refractivity contribution is -0.116. The predicted octanol–water partition coefficient (Wildman–Crippen LogP) is 4.40. The molecule has 2 aromatic carbocycles. The fraction of sp³-hybridized carbons (Fsp3) is 0.100. The molecule has 4 nitrogen and oxygen atoms in total. The molecule has 27 heavy (non-hydrogen) atoms. The Balaban J connectivity index is 1.62. The van der Waals surface area contributed by atoms with Gasteiger partial charge in [0.1, 0.15) is 11.6 Å². The van der Waals surface area contributed by atoms with Crippen LogP contribution in [0.4, 0.5) is 14.5 Å². The summed E-state index contributed by atoms with van der Waals surface area (Å²) in [6.07, 6.45) is 0. The fourth-order valence-electron chi connectivity index (χ4n) is 2.43. The van der Waals surface area contributed by atoms with E-state index in [1.54, 1.807) is 24.3 Å². The molecule has 1 aromatic heterocycles. The van der Waals surface area contributed by atoms with Crippen LogP contribution < -0.4 is 5.32 Å². The van der Waals surface area contributed by atoms with Gasteiger partial charge in [0.15, 0.2) is 0 Å². The molecule has 1 heterocycles. The molecule has 0 aliphatic carbocycles. The van der Waals surface area contributed by atoms with Crippen molar-refractivity contribution in [2.45, 2.75) is 0 Å². The van der Waals surface area contributed by atoms with E-state index in [2.05, 4.69) is 5.32 Å². The van der Waals surface area contributed by atoms with Gasteiger partial charge in [-0.1, -0.05) is 12.1 Å². The van der Waals surface area contributed by atoms with E-state index in [0.29, 0.717) is 10.6 Å². The molecule has 7 heteroatoms. The third-order valence-electron chi connectivity index (χ3n) is 3.80. The van der Waals surface area contributed by atoms with Gasteiger partial charge in [0.2, 0.25) is 5.91 Å². The van der Waals surface area contributed by atoms with Crippen molar-refractivity contribution in [3.63, 3.8) is 0 Å². The Hall–Kier alpha value is -3.06. The maximum absolute atomic E-state index is 13.0. The molecule has 0 saturated heterocycles. The van der Waals surface area contributed by atoms with Gasteiger partial charge >= 0.3 is 0 Å². The highest BCUT2D eigenvalue weighted by Gasteiger charge is 2.17. The number of carbonyl (C=O) groups is 2. The fourth-order valence-corrected chi connectivity index (χ4v) is 3.44. The van der Waals surface area contributed by atoms with Gasteiger partial charge in [-0.15, -0.1) is 11.3 Å². The van der Waals surface area contributed by atoms with E-state index in [0.717, 1.165) is 10.4 Å². The lowest BCUT2D eigenvalue weighted by Crippen LogP contribution is -2.34. The van der Waals surface area contributed by atoms with E-state index >= 15 is 0 Å². The molecule has 1 N–H and O–H groups in total. The number of hydrogen-bond acceptors (Lipinski definition) is 3. The molecule has 0 spiro atoms. The molecule has 138 valence electrons. The van der Waals surface area contributed by atoms with Crippen molar-refractivity contribution in [3.8, 4) is 10.4 Å². The normalized spacial score (nSPS) is 10.5. The first-order valence-corrected chi connectivity index (χ1v) is 8.90. The Labute approximate surface area is 159 Å². The molecule has 3 rings (SSSR count). The van der Waals surface area contributed by atoms with Crippen molar-refractivity contribution in [3.05, 3.63) is 77.2 Å². The van der Waals surface area contributed by atoms with Crippen LogP contribution in [0.15, 0.2) is 60.7 Å². The van der Waals surface area contributed by atoms with Gasteiger partial charge in [-0.05, 0) is 54.1 Å². The van der Waals surface area contributed by atoms with Gasteiger partial charge in [-0.2, -0.15) is 0 Å². The average molecular weight is 386 g/mol. The summed E-state index contributed by atoms with van der Waals surface area (Å²) < 4.78 is 25.9. The number of rotatable bonds is 5. The Morgan fingerprint density at radius 2 is 1.52 bits per heavy atom. The maximum Gasteiger partial charge on any atom is 0.264 e. The number of benzene rings is 2. The van der Waals surface area contributed by atoms with Crippen LogP contribution in [-0.2, 0) is 4.79 Å². The van der Waals surface area contributed by atoms with Crippen LogP contribution in [0.2, 0.25) is 0 Å². The number of nitrogens with one attached hydrogen (secondary N) is 1. The van der Waals surface area contributed by atoms with Gasteiger partial charge in [-0.3, -0.25) is 9.59 Å². The van der Waals surface area contributed by atoms with Crippen molar-refractivity contribution in [1.82, 2.24) is 4.90 Å². The molecule has 0 bridgehead atoms. The van der Waals surface area contributed by atoms with Crippen molar-refractivity contribution in [1.29, 1.82) is 0 Å². The second-order valence-corrected chi connectivity index (χ2v) is 6.97. The summed E-state index contributed by atoms with van der Waals surface area (Å²) in [5.74, 6) is -1.39. The van der Waals surface area contributed by atoms with E-state index in [9.17, 15) is 18.4 Å². The molecule has 0 saturated carbocycles. The summed E-state index contributed by atoms with van der Waals surface area (Å²) in [7, 11) is 1.53. The zero-order chi connectivity index (χ0) is 19.4. The number of nitrogens with zero attached hydrogens (tertiary/aromatic N) is 1. The van der Waals surface area contributed by atoms with E-state index in [1.807, 2.05) is 0 Å². The van der Waals surface area contributed by atoms with Crippen LogP contribution in [0.25, 0.3) is 10.4 Å². The van der Waals surface area contributed by atoms with E-state index in [-0.39, 0.29) is 24.2 Å². The highest BCUT2D eigenvalue weighted by atomic mass is 32.1. The lowest BCUT2D eigenvalue weighted by atomic mass is 10.2. The highest BCUT2D eigenvalue weighted by Crippen LogP contribution is 2.28. The van der Waals surface area contributed by atoms with Gasteiger partial charge in [0.25, 0.3) is 5.91 Å². The Kier molecular flexibility index (Phi) is 5.61. The number of anilines is 1. The first-order chi connectivity index (χ1) is 12.9. The number of thiophene rings is 1. The first-order valence-electron chi connectivity index (χ1n) is 8.09. The SMILES string of the molecule is CN(CC(=O)Nc1ccc(F)cc1)C(=O)c1ccc(-c2ccc(F)cc2)s1. The highest BCUT2D eigenvalue weighted by molar-refractivity contribution is 7.17. The van der Waals surface area contributed by atoms with Crippen molar-refractivity contribution >= 4 is 28.8 Å². The number of amides is 2. The molecule has 0 fully saturated rings. The molecule has 0 aliphatic rings. The zero-order valence-corrected chi connectivity index (χ0v) is 15.2. The number of halogens is 2. The smallest absolute Gasteiger partial charge is 0.264 e. The van der Waals surface area contributed by atoms with Crippen LogP contribution in [0.1, 0.15) is 9.67 Å². The number of likely N-dealkylation sites (N-methyl/N-ethyl adjacent to an activating group) is 1. The van der Waals surface area contributed by atoms with E-state index in [1.165, 1.54) is 59.7 Å². The molecule has 0 radical (unpaired) electrons. The Bertz CT molecular complexity index is 953. The summed E-state index contributed by atoms with van der Waals surface area (Å²) in [6.45, 7) is -0.139. The third-order valence-corrected chi connectivity index (χ3v) is 4.92. The maximum atomic E-state index is 13.0.